The van der Waals surface area contributed by atoms with Crippen molar-refractivity contribution in [3.05, 3.63) is 72.2 Å². The Morgan fingerprint density at radius 1 is 1.12 bits per heavy atom. The number of hydrogen-bond acceptors (Lipinski definition) is 7. The molecule has 0 amide bonds. The molecule has 34 heavy (non-hydrogen) atoms. The lowest BCUT2D eigenvalue weighted by atomic mass is 10.0. The quantitative estimate of drug-likeness (QED) is 0.383. The molecular formula is C26H32FN5O2. The van der Waals surface area contributed by atoms with Gasteiger partial charge in [0, 0.05) is 18.7 Å². The zero-order valence-electron chi connectivity index (χ0n) is 19.8. The molecule has 2 heterocycles. The summed E-state index contributed by atoms with van der Waals surface area (Å²) < 4.78 is 20.5. The average molecular weight is 466 g/mol. The molecule has 1 fully saturated rings. The van der Waals surface area contributed by atoms with Gasteiger partial charge in [-0.2, -0.15) is 4.98 Å². The number of halogens is 1. The summed E-state index contributed by atoms with van der Waals surface area (Å²) in [7, 11) is 0. The van der Waals surface area contributed by atoms with Gasteiger partial charge >= 0.3 is 0 Å². The third-order valence-electron chi connectivity index (χ3n) is 5.92. The van der Waals surface area contributed by atoms with Gasteiger partial charge in [-0.15, -0.1) is 0 Å². The molecule has 1 atom stereocenters. The van der Waals surface area contributed by atoms with Gasteiger partial charge in [-0.25, -0.2) is 14.4 Å². The van der Waals surface area contributed by atoms with Crippen LogP contribution in [-0.4, -0.2) is 47.7 Å². The topological polar surface area (TPSA) is 62.8 Å². The van der Waals surface area contributed by atoms with Gasteiger partial charge in [-0.1, -0.05) is 44.2 Å². The molecule has 0 spiro atoms. The highest BCUT2D eigenvalue weighted by Gasteiger charge is 2.31. The van der Waals surface area contributed by atoms with E-state index in [1.165, 1.54) is 6.20 Å². The average Bonchev–Trinajstić information content (AvgIpc) is 3.37. The minimum Gasteiger partial charge on any atom is -0.494 e. The van der Waals surface area contributed by atoms with Crippen LogP contribution >= 0.6 is 0 Å². The molecule has 1 aliphatic rings. The number of aromatic nitrogens is 2. The highest BCUT2D eigenvalue weighted by atomic mass is 19.1. The predicted octanol–water partition coefficient (Wildman–Crippen LogP) is 5.35. The third-order valence-corrected chi connectivity index (χ3v) is 5.92. The van der Waals surface area contributed by atoms with E-state index in [0.29, 0.717) is 19.2 Å². The first kappa shape index (κ1) is 23.9. The Labute approximate surface area is 200 Å². The van der Waals surface area contributed by atoms with E-state index in [4.69, 9.17) is 9.57 Å². The minimum atomic E-state index is -0.526. The molecular weight excluding hydrogens is 433 g/mol. The van der Waals surface area contributed by atoms with E-state index in [1.807, 2.05) is 54.6 Å². The van der Waals surface area contributed by atoms with E-state index in [0.717, 1.165) is 49.5 Å². The Morgan fingerprint density at radius 3 is 2.62 bits per heavy atom. The van der Waals surface area contributed by atoms with Gasteiger partial charge in [-0.05, 0) is 49.3 Å². The second-order valence-corrected chi connectivity index (χ2v) is 8.12. The summed E-state index contributed by atoms with van der Waals surface area (Å²) >= 11 is 0. The number of anilines is 3. The van der Waals surface area contributed by atoms with Gasteiger partial charge in [0.25, 0.3) is 0 Å². The Balaban J connectivity index is 1.38. The summed E-state index contributed by atoms with van der Waals surface area (Å²) in [6.07, 6.45) is 2.91. The summed E-state index contributed by atoms with van der Waals surface area (Å²) in [5, 5.41) is 4.69. The largest absolute Gasteiger partial charge is 0.494 e. The molecule has 0 unspecified atom stereocenters. The number of nitrogens with zero attached hydrogens (tertiary/aromatic N) is 4. The van der Waals surface area contributed by atoms with Crippen molar-refractivity contribution in [2.45, 2.75) is 32.7 Å². The molecule has 0 bridgehead atoms. The maximum Gasteiger partial charge on any atom is 0.229 e. The number of ether oxygens (including phenoxy) is 1. The van der Waals surface area contributed by atoms with E-state index < -0.39 is 5.82 Å². The first-order valence-electron chi connectivity index (χ1n) is 11.9. The predicted molar refractivity (Wildman–Crippen MR) is 132 cm³/mol. The smallest absolute Gasteiger partial charge is 0.229 e. The molecule has 1 saturated heterocycles. The highest BCUT2D eigenvalue weighted by molar-refractivity contribution is 5.56. The van der Waals surface area contributed by atoms with Crippen LogP contribution in [0.15, 0.2) is 60.8 Å². The fraction of sp³-hybridized carbons (Fsp3) is 0.385. The molecule has 8 heteroatoms. The van der Waals surface area contributed by atoms with Gasteiger partial charge < -0.3 is 15.0 Å². The normalized spacial score (nSPS) is 15.6. The first-order chi connectivity index (χ1) is 16.7. The molecule has 0 saturated carbocycles. The standard InChI is InChI=1S/C26H32FN5O2/c1-3-31(4-2)16-8-17-33-22-13-11-21(12-14-22)29-26-28-19-23(27)25(30-26)32-24(15-18-34-32)20-9-6-5-7-10-20/h5-7,9-14,19,24H,3-4,8,15-18H2,1-2H3,(H,28,29,30)/t24-/m0/s1. The van der Waals surface area contributed by atoms with Crippen LogP contribution in [0, 0.1) is 5.82 Å². The van der Waals surface area contributed by atoms with E-state index in [1.54, 1.807) is 5.06 Å². The second kappa shape index (κ2) is 11.8. The molecule has 1 aliphatic heterocycles. The van der Waals surface area contributed by atoms with Crippen LogP contribution in [0.5, 0.6) is 5.75 Å². The molecule has 2 aromatic carbocycles. The van der Waals surface area contributed by atoms with Crippen molar-refractivity contribution >= 4 is 17.5 Å². The molecule has 7 nitrogen and oxygen atoms in total. The van der Waals surface area contributed by atoms with Crippen LogP contribution in [0.2, 0.25) is 0 Å². The van der Waals surface area contributed by atoms with Crippen LogP contribution in [-0.2, 0) is 4.84 Å². The lowest BCUT2D eigenvalue weighted by molar-refractivity contribution is 0.154. The molecule has 4 rings (SSSR count). The lowest BCUT2D eigenvalue weighted by Gasteiger charge is -2.24. The van der Waals surface area contributed by atoms with Gasteiger partial charge in [0.15, 0.2) is 11.6 Å². The van der Waals surface area contributed by atoms with Crippen molar-refractivity contribution < 1.29 is 14.0 Å². The number of nitrogens with one attached hydrogen (secondary N) is 1. The number of hydroxylamine groups is 1. The lowest BCUT2D eigenvalue weighted by Crippen LogP contribution is -2.25. The minimum absolute atomic E-state index is 0.100. The molecule has 0 radical (unpaired) electrons. The Hall–Kier alpha value is -3.23. The summed E-state index contributed by atoms with van der Waals surface area (Å²) in [4.78, 5) is 16.6. The van der Waals surface area contributed by atoms with Gasteiger partial charge in [0.1, 0.15) is 5.75 Å². The Bertz CT molecular complexity index is 1030. The number of hydrogen-bond donors (Lipinski definition) is 1. The highest BCUT2D eigenvalue weighted by Crippen LogP contribution is 2.35. The van der Waals surface area contributed by atoms with Gasteiger partial charge in [-0.3, -0.25) is 4.84 Å². The summed E-state index contributed by atoms with van der Waals surface area (Å²) in [6.45, 7) is 8.66. The van der Waals surface area contributed by atoms with Crippen molar-refractivity contribution in [2.24, 2.45) is 0 Å². The molecule has 1 aromatic heterocycles. The maximum atomic E-state index is 14.7. The molecule has 3 aromatic rings. The van der Waals surface area contributed by atoms with E-state index in [-0.39, 0.29) is 11.9 Å². The fourth-order valence-electron chi connectivity index (χ4n) is 4.01. The van der Waals surface area contributed by atoms with Crippen LogP contribution in [0.4, 0.5) is 21.8 Å². The number of benzene rings is 2. The van der Waals surface area contributed by atoms with Crippen LogP contribution in [0.1, 0.15) is 38.3 Å². The molecule has 1 N–H and O–H groups in total. The summed E-state index contributed by atoms with van der Waals surface area (Å²) in [5.74, 6) is 0.701. The van der Waals surface area contributed by atoms with Gasteiger partial charge in [0.05, 0.1) is 25.5 Å². The van der Waals surface area contributed by atoms with Crippen molar-refractivity contribution in [3.63, 3.8) is 0 Å². The molecule has 0 aliphatic carbocycles. The molecule has 180 valence electrons. The third kappa shape index (κ3) is 6.01. The van der Waals surface area contributed by atoms with Crippen LogP contribution < -0.4 is 15.1 Å². The monoisotopic (exact) mass is 465 g/mol. The van der Waals surface area contributed by atoms with E-state index in [2.05, 4.69) is 34.0 Å². The Kier molecular flexibility index (Phi) is 8.27. The maximum absolute atomic E-state index is 14.7. The summed E-state index contributed by atoms with van der Waals surface area (Å²) in [6, 6.07) is 17.4. The van der Waals surface area contributed by atoms with Crippen LogP contribution in [0.3, 0.4) is 0 Å². The zero-order valence-corrected chi connectivity index (χ0v) is 19.8. The zero-order chi connectivity index (χ0) is 23.8. The fourth-order valence-corrected chi connectivity index (χ4v) is 4.01. The van der Waals surface area contributed by atoms with Crippen LogP contribution in [0.25, 0.3) is 0 Å². The summed E-state index contributed by atoms with van der Waals surface area (Å²) in [5.41, 5.74) is 1.84. The second-order valence-electron chi connectivity index (χ2n) is 8.12. The van der Waals surface area contributed by atoms with Crippen molar-refractivity contribution in [2.75, 3.05) is 43.2 Å². The van der Waals surface area contributed by atoms with E-state index >= 15 is 0 Å². The first-order valence-corrected chi connectivity index (χ1v) is 11.9. The van der Waals surface area contributed by atoms with Gasteiger partial charge in [0.2, 0.25) is 5.95 Å². The van der Waals surface area contributed by atoms with Crippen molar-refractivity contribution in [3.8, 4) is 5.75 Å². The van der Waals surface area contributed by atoms with Crippen molar-refractivity contribution in [1.29, 1.82) is 0 Å². The van der Waals surface area contributed by atoms with E-state index in [9.17, 15) is 4.39 Å². The number of rotatable bonds is 11. The Morgan fingerprint density at radius 2 is 1.88 bits per heavy atom. The SMILES string of the molecule is CCN(CC)CCCOc1ccc(Nc2ncc(F)c(N3OCC[C@H]3c3ccccc3)n2)cc1. The van der Waals surface area contributed by atoms with Crippen molar-refractivity contribution in [1.82, 2.24) is 14.9 Å².